The summed E-state index contributed by atoms with van der Waals surface area (Å²) in [6.45, 7) is 2.88. The fourth-order valence-electron chi connectivity index (χ4n) is 2.30. The molecule has 2 N–H and O–H groups in total. The van der Waals surface area contributed by atoms with Crippen LogP contribution in [0.2, 0.25) is 0 Å². The van der Waals surface area contributed by atoms with E-state index < -0.39 is 0 Å². The molecule has 0 saturated heterocycles. The highest BCUT2D eigenvalue weighted by Crippen LogP contribution is 2.18. The fraction of sp³-hybridized carbons (Fsp3) is 0.529. The molecule has 0 aliphatic rings. The maximum Gasteiger partial charge on any atom is 0.227 e. The molecular formula is C17H25N3O. The molecule has 0 bridgehead atoms. The zero-order chi connectivity index (χ0) is 14.9. The predicted molar refractivity (Wildman–Crippen MR) is 85.0 cm³/mol. The van der Waals surface area contributed by atoms with E-state index in [0.717, 1.165) is 24.8 Å². The van der Waals surface area contributed by atoms with Crippen molar-refractivity contribution in [2.75, 3.05) is 6.54 Å². The number of aromatic nitrogens is 2. The lowest BCUT2D eigenvalue weighted by molar-refractivity contribution is 0.376. The molecule has 2 rings (SSSR count). The van der Waals surface area contributed by atoms with Crippen LogP contribution < -0.4 is 5.73 Å². The van der Waals surface area contributed by atoms with Crippen molar-refractivity contribution < 1.29 is 4.52 Å². The Hall–Kier alpha value is -1.68. The molecule has 4 heteroatoms. The SMILES string of the molecule is CCCCCCc1ccc(-c2noc(CCCN)n2)cc1. The molecule has 0 fully saturated rings. The van der Waals surface area contributed by atoms with Crippen LogP contribution in [0.1, 0.15) is 50.5 Å². The van der Waals surface area contributed by atoms with Crippen molar-refractivity contribution in [3.63, 3.8) is 0 Å². The Labute approximate surface area is 126 Å². The molecule has 0 aliphatic carbocycles. The van der Waals surface area contributed by atoms with Crippen LogP contribution in [0, 0.1) is 0 Å². The molecule has 0 unspecified atom stereocenters. The molecule has 0 aliphatic heterocycles. The quantitative estimate of drug-likeness (QED) is 0.713. The molecule has 0 radical (unpaired) electrons. The van der Waals surface area contributed by atoms with Gasteiger partial charge < -0.3 is 10.3 Å². The van der Waals surface area contributed by atoms with E-state index >= 15 is 0 Å². The molecule has 0 amide bonds. The van der Waals surface area contributed by atoms with E-state index in [2.05, 4.69) is 41.3 Å². The van der Waals surface area contributed by atoms with Gasteiger partial charge in [-0.3, -0.25) is 0 Å². The fourth-order valence-corrected chi connectivity index (χ4v) is 2.30. The van der Waals surface area contributed by atoms with Crippen molar-refractivity contribution in [1.82, 2.24) is 10.1 Å². The maximum atomic E-state index is 5.48. The molecule has 0 spiro atoms. The van der Waals surface area contributed by atoms with Gasteiger partial charge in [-0.05, 0) is 31.4 Å². The minimum Gasteiger partial charge on any atom is -0.339 e. The molecule has 0 saturated carbocycles. The molecular weight excluding hydrogens is 262 g/mol. The predicted octanol–water partition coefficient (Wildman–Crippen LogP) is 3.75. The average molecular weight is 287 g/mol. The normalized spacial score (nSPS) is 11.0. The molecule has 1 heterocycles. The summed E-state index contributed by atoms with van der Waals surface area (Å²) in [6.07, 6.45) is 7.95. The first-order chi connectivity index (χ1) is 10.3. The monoisotopic (exact) mass is 287 g/mol. The zero-order valence-electron chi connectivity index (χ0n) is 12.8. The Bertz CT molecular complexity index is 519. The van der Waals surface area contributed by atoms with Crippen molar-refractivity contribution >= 4 is 0 Å². The van der Waals surface area contributed by atoms with Gasteiger partial charge in [-0.25, -0.2) is 0 Å². The van der Waals surface area contributed by atoms with E-state index in [4.69, 9.17) is 10.3 Å². The van der Waals surface area contributed by atoms with Gasteiger partial charge in [0.05, 0.1) is 0 Å². The summed E-state index contributed by atoms with van der Waals surface area (Å²) in [6, 6.07) is 8.48. The van der Waals surface area contributed by atoms with E-state index in [0.29, 0.717) is 18.3 Å². The van der Waals surface area contributed by atoms with Crippen LogP contribution in [0.4, 0.5) is 0 Å². The van der Waals surface area contributed by atoms with Gasteiger partial charge >= 0.3 is 0 Å². The Morgan fingerprint density at radius 1 is 1.00 bits per heavy atom. The lowest BCUT2D eigenvalue weighted by Crippen LogP contribution is -2.00. The van der Waals surface area contributed by atoms with Gasteiger partial charge in [-0.2, -0.15) is 4.98 Å². The summed E-state index contributed by atoms with van der Waals surface area (Å²) in [7, 11) is 0. The number of benzene rings is 1. The second kappa shape index (κ2) is 8.57. The van der Waals surface area contributed by atoms with Crippen LogP contribution in [0.5, 0.6) is 0 Å². The van der Waals surface area contributed by atoms with Crippen LogP contribution in [0.15, 0.2) is 28.8 Å². The number of hydrogen-bond donors (Lipinski definition) is 1. The van der Waals surface area contributed by atoms with Crippen LogP contribution in [-0.4, -0.2) is 16.7 Å². The lowest BCUT2D eigenvalue weighted by atomic mass is 10.0. The van der Waals surface area contributed by atoms with Gasteiger partial charge in [0.2, 0.25) is 11.7 Å². The first-order valence-corrected chi connectivity index (χ1v) is 7.95. The van der Waals surface area contributed by atoms with Gasteiger partial charge in [0.15, 0.2) is 0 Å². The Morgan fingerprint density at radius 3 is 2.52 bits per heavy atom. The maximum absolute atomic E-state index is 5.48. The largest absolute Gasteiger partial charge is 0.339 e. The summed E-state index contributed by atoms with van der Waals surface area (Å²) >= 11 is 0. The Balaban J connectivity index is 1.90. The van der Waals surface area contributed by atoms with Crippen molar-refractivity contribution in [3.8, 4) is 11.4 Å². The van der Waals surface area contributed by atoms with Crippen LogP contribution in [0.3, 0.4) is 0 Å². The molecule has 4 nitrogen and oxygen atoms in total. The molecule has 0 atom stereocenters. The molecule has 2 aromatic rings. The summed E-state index contributed by atoms with van der Waals surface area (Å²) in [5, 5.41) is 4.03. The van der Waals surface area contributed by atoms with Crippen molar-refractivity contribution in [2.24, 2.45) is 5.73 Å². The van der Waals surface area contributed by atoms with Gasteiger partial charge in [0.1, 0.15) is 0 Å². The molecule has 1 aromatic heterocycles. The number of nitrogens with two attached hydrogens (primary N) is 1. The van der Waals surface area contributed by atoms with E-state index in [1.807, 2.05) is 0 Å². The minimum absolute atomic E-state index is 0.643. The van der Waals surface area contributed by atoms with E-state index in [9.17, 15) is 0 Å². The highest BCUT2D eigenvalue weighted by Gasteiger charge is 2.08. The average Bonchev–Trinajstić information content (AvgIpc) is 2.99. The third kappa shape index (κ3) is 4.97. The molecule has 21 heavy (non-hydrogen) atoms. The number of aryl methyl sites for hydroxylation is 2. The number of hydrogen-bond acceptors (Lipinski definition) is 4. The van der Waals surface area contributed by atoms with E-state index in [1.165, 1.54) is 31.2 Å². The van der Waals surface area contributed by atoms with E-state index in [-0.39, 0.29) is 0 Å². The third-order valence-electron chi connectivity index (χ3n) is 3.59. The van der Waals surface area contributed by atoms with Crippen LogP contribution in [-0.2, 0) is 12.8 Å². The van der Waals surface area contributed by atoms with E-state index in [1.54, 1.807) is 0 Å². The molecule has 1 aromatic carbocycles. The van der Waals surface area contributed by atoms with Gasteiger partial charge in [0, 0.05) is 12.0 Å². The second-order valence-electron chi connectivity index (χ2n) is 5.41. The highest BCUT2D eigenvalue weighted by molar-refractivity contribution is 5.54. The van der Waals surface area contributed by atoms with Crippen molar-refractivity contribution in [3.05, 3.63) is 35.7 Å². The smallest absolute Gasteiger partial charge is 0.227 e. The number of rotatable bonds is 9. The van der Waals surface area contributed by atoms with Crippen molar-refractivity contribution in [2.45, 2.75) is 51.9 Å². The number of nitrogens with zero attached hydrogens (tertiary/aromatic N) is 2. The van der Waals surface area contributed by atoms with Gasteiger partial charge in [0.25, 0.3) is 0 Å². The second-order valence-corrected chi connectivity index (χ2v) is 5.41. The topological polar surface area (TPSA) is 64.9 Å². The zero-order valence-corrected chi connectivity index (χ0v) is 12.8. The summed E-state index contributed by atoms with van der Waals surface area (Å²) in [4.78, 5) is 4.40. The Morgan fingerprint density at radius 2 is 1.81 bits per heavy atom. The van der Waals surface area contributed by atoms with Gasteiger partial charge in [-0.1, -0.05) is 55.6 Å². The Kier molecular flexibility index (Phi) is 6.41. The highest BCUT2D eigenvalue weighted by atomic mass is 16.5. The summed E-state index contributed by atoms with van der Waals surface area (Å²) in [5.41, 5.74) is 7.87. The third-order valence-corrected chi connectivity index (χ3v) is 3.59. The van der Waals surface area contributed by atoms with Crippen LogP contribution in [0.25, 0.3) is 11.4 Å². The minimum atomic E-state index is 0.643. The lowest BCUT2D eigenvalue weighted by Gasteiger charge is -2.02. The standard InChI is InChI=1S/C17H25N3O/c1-2-3-4-5-7-14-9-11-15(12-10-14)17-19-16(21-20-17)8-6-13-18/h9-12H,2-8,13,18H2,1H3. The molecule has 114 valence electrons. The van der Waals surface area contributed by atoms with Gasteiger partial charge in [-0.15, -0.1) is 0 Å². The summed E-state index contributed by atoms with van der Waals surface area (Å²) < 4.78 is 5.23. The first-order valence-electron chi connectivity index (χ1n) is 7.95. The number of unbranched alkanes of at least 4 members (excludes halogenated alkanes) is 3. The van der Waals surface area contributed by atoms with Crippen LogP contribution >= 0.6 is 0 Å². The first kappa shape index (κ1) is 15.7. The summed E-state index contributed by atoms with van der Waals surface area (Å²) in [5.74, 6) is 1.33. The van der Waals surface area contributed by atoms with Crippen molar-refractivity contribution in [1.29, 1.82) is 0 Å².